The van der Waals surface area contributed by atoms with Gasteiger partial charge in [-0.15, -0.1) is 0 Å². The number of hydrogen-bond acceptors (Lipinski definition) is 3. The Labute approximate surface area is 110 Å². The zero-order valence-corrected chi connectivity index (χ0v) is 11.5. The molecule has 0 amide bonds. The number of carbonyl (C=O) groups excluding carboxylic acids is 1. The zero-order valence-electron chi connectivity index (χ0n) is 11.5. The van der Waals surface area contributed by atoms with Crippen molar-refractivity contribution in [3.63, 3.8) is 0 Å². The highest BCUT2D eigenvalue weighted by Gasteiger charge is 2.38. The molecule has 4 atom stereocenters. The van der Waals surface area contributed by atoms with Crippen LogP contribution in [0.1, 0.15) is 39.5 Å². The van der Waals surface area contributed by atoms with E-state index in [0.29, 0.717) is 19.1 Å². The lowest BCUT2D eigenvalue weighted by atomic mass is 9.87. The second-order valence-corrected chi connectivity index (χ2v) is 5.60. The van der Waals surface area contributed by atoms with Crippen molar-refractivity contribution < 1.29 is 9.53 Å². The van der Waals surface area contributed by atoms with E-state index in [-0.39, 0.29) is 5.97 Å². The van der Waals surface area contributed by atoms with Gasteiger partial charge < -0.3 is 10.1 Å². The molecule has 102 valence electrons. The maximum absolute atomic E-state index is 11.2. The van der Waals surface area contributed by atoms with Crippen LogP contribution in [0.5, 0.6) is 0 Å². The van der Waals surface area contributed by atoms with Gasteiger partial charge in [0.05, 0.1) is 6.61 Å². The van der Waals surface area contributed by atoms with E-state index in [1.165, 1.54) is 12.8 Å². The lowest BCUT2D eigenvalue weighted by Gasteiger charge is -2.26. The highest BCUT2D eigenvalue weighted by Crippen LogP contribution is 2.44. The summed E-state index contributed by atoms with van der Waals surface area (Å²) in [5.41, 5.74) is 0. The van der Waals surface area contributed by atoms with Crippen LogP contribution in [0, 0.1) is 17.8 Å². The second kappa shape index (κ2) is 6.37. The van der Waals surface area contributed by atoms with E-state index in [1.54, 1.807) is 0 Å². The molecule has 18 heavy (non-hydrogen) atoms. The molecule has 4 unspecified atom stereocenters. The first-order valence-electron chi connectivity index (χ1n) is 7.28. The van der Waals surface area contributed by atoms with Crippen LogP contribution in [0.15, 0.2) is 12.2 Å². The SMILES string of the molecule is CCOC(=O)CCCNC(C)C1CC2C=CC1C2. The minimum Gasteiger partial charge on any atom is -0.466 e. The lowest BCUT2D eigenvalue weighted by Crippen LogP contribution is -2.36. The van der Waals surface area contributed by atoms with Crippen LogP contribution in [0.3, 0.4) is 0 Å². The number of carbonyl (C=O) groups is 1. The molecule has 0 aromatic rings. The molecule has 1 saturated carbocycles. The van der Waals surface area contributed by atoms with Crippen LogP contribution in [-0.2, 0) is 9.53 Å². The predicted molar refractivity (Wildman–Crippen MR) is 72.2 cm³/mol. The van der Waals surface area contributed by atoms with Crippen LogP contribution in [0.4, 0.5) is 0 Å². The van der Waals surface area contributed by atoms with E-state index >= 15 is 0 Å². The highest BCUT2D eigenvalue weighted by atomic mass is 16.5. The molecule has 0 aromatic carbocycles. The van der Waals surface area contributed by atoms with Crippen LogP contribution in [0.2, 0.25) is 0 Å². The minimum absolute atomic E-state index is 0.0743. The molecule has 2 rings (SSSR count). The third kappa shape index (κ3) is 3.35. The van der Waals surface area contributed by atoms with Gasteiger partial charge in [0.2, 0.25) is 0 Å². The first kappa shape index (κ1) is 13.6. The Balaban J connectivity index is 1.59. The van der Waals surface area contributed by atoms with Crippen LogP contribution < -0.4 is 5.32 Å². The van der Waals surface area contributed by atoms with Gasteiger partial charge in [0.1, 0.15) is 0 Å². The standard InChI is InChI=1S/C15H25NO2/c1-3-18-15(17)5-4-8-16-11(2)14-10-12-6-7-13(14)9-12/h6-7,11-14,16H,3-5,8-10H2,1-2H3. The Bertz CT molecular complexity index is 314. The molecule has 0 spiro atoms. The van der Waals surface area contributed by atoms with E-state index in [0.717, 1.165) is 30.7 Å². The van der Waals surface area contributed by atoms with Crippen molar-refractivity contribution in [2.45, 2.75) is 45.6 Å². The Morgan fingerprint density at radius 2 is 2.28 bits per heavy atom. The van der Waals surface area contributed by atoms with Gasteiger partial charge in [0, 0.05) is 12.5 Å². The van der Waals surface area contributed by atoms with Gasteiger partial charge in [-0.3, -0.25) is 4.79 Å². The maximum atomic E-state index is 11.2. The number of ether oxygens (including phenoxy) is 1. The van der Waals surface area contributed by atoms with Crippen molar-refractivity contribution in [3.8, 4) is 0 Å². The first-order chi connectivity index (χ1) is 8.70. The molecule has 3 heteroatoms. The lowest BCUT2D eigenvalue weighted by molar-refractivity contribution is -0.143. The van der Waals surface area contributed by atoms with Gasteiger partial charge in [-0.05, 0) is 57.4 Å². The fraction of sp³-hybridized carbons (Fsp3) is 0.800. The van der Waals surface area contributed by atoms with Gasteiger partial charge in [-0.2, -0.15) is 0 Å². The van der Waals surface area contributed by atoms with Crippen molar-refractivity contribution >= 4 is 5.97 Å². The average molecular weight is 251 g/mol. The van der Waals surface area contributed by atoms with Gasteiger partial charge in [0.25, 0.3) is 0 Å². The fourth-order valence-corrected chi connectivity index (χ4v) is 3.35. The third-order valence-corrected chi connectivity index (χ3v) is 4.30. The Kier molecular flexibility index (Phi) is 4.81. The Hall–Kier alpha value is -0.830. The summed E-state index contributed by atoms with van der Waals surface area (Å²) in [4.78, 5) is 11.2. The molecule has 0 aromatic heterocycles. The highest BCUT2D eigenvalue weighted by molar-refractivity contribution is 5.69. The molecule has 0 saturated heterocycles. The Morgan fingerprint density at radius 1 is 1.44 bits per heavy atom. The van der Waals surface area contributed by atoms with Gasteiger partial charge in [-0.1, -0.05) is 12.2 Å². The minimum atomic E-state index is -0.0743. The molecule has 3 nitrogen and oxygen atoms in total. The molecule has 0 aliphatic heterocycles. The molecular weight excluding hydrogens is 226 g/mol. The third-order valence-electron chi connectivity index (χ3n) is 4.30. The monoisotopic (exact) mass is 251 g/mol. The summed E-state index contributed by atoms with van der Waals surface area (Å²) in [6.45, 7) is 5.53. The number of nitrogens with one attached hydrogen (secondary N) is 1. The van der Waals surface area contributed by atoms with E-state index in [1.807, 2.05) is 6.92 Å². The number of hydrogen-bond donors (Lipinski definition) is 1. The fourth-order valence-electron chi connectivity index (χ4n) is 3.35. The van der Waals surface area contributed by atoms with Crippen molar-refractivity contribution in [3.05, 3.63) is 12.2 Å². The van der Waals surface area contributed by atoms with Gasteiger partial charge >= 0.3 is 5.97 Å². The molecule has 2 bridgehead atoms. The molecule has 0 heterocycles. The molecule has 2 aliphatic carbocycles. The number of esters is 1. The molecule has 2 aliphatic rings. The number of rotatable bonds is 7. The summed E-state index contributed by atoms with van der Waals surface area (Å²) < 4.78 is 4.91. The van der Waals surface area contributed by atoms with Crippen molar-refractivity contribution in [1.29, 1.82) is 0 Å². The first-order valence-corrected chi connectivity index (χ1v) is 7.28. The summed E-state index contributed by atoms with van der Waals surface area (Å²) in [7, 11) is 0. The predicted octanol–water partition coefficient (Wildman–Crippen LogP) is 2.52. The summed E-state index contributed by atoms with van der Waals surface area (Å²) in [5.74, 6) is 2.35. The molecule has 1 fully saturated rings. The van der Waals surface area contributed by atoms with Gasteiger partial charge in [-0.25, -0.2) is 0 Å². The topological polar surface area (TPSA) is 38.3 Å². The van der Waals surface area contributed by atoms with Crippen molar-refractivity contribution in [2.24, 2.45) is 17.8 Å². The molecule has 1 N–H and O–H groups in total. The van der Waals surface area contributed by atoms with Crippen molar-refractivity contribution in [1.82, 2.24) is 5.32 Å². The largest absolute Gasteiger partial charge is 0.466 e. The zero-order chi connectivity index (χ0) is 13.0. The number of fused-ring (bicyclic) bond motifs is 2. The molecular formula is C15H25NO2. The maximum Gasteiger partial charge on any atom is 0.305 e. The van der Waals surface area contributed by atoms with Crippen molar-refractivity contribution in [2.75, 3.05) is 13.2 Å². The smallest absolute Gasteiger partial charge is 0.305 e. The molecule has 0 radical (unpaired) electrons. The van der Waals surface area contributed by atoms with E-state index < -0.39 is 0 Å². The Morgan fingerprint density at radius 3 is 2.89 bits per heavy atom. The quantitative estimate of drug-likeness (QED) is 0.429. The summed E-state index contributed by atoms with van der Waals surface area (Å²) in [6.07, 6.45) is 8.89. The summed E-state index contributed by atoms with van der Waals surface area (Å²) in [5, 5.41) is 3.57. The van der Waals surface area contributed by atoms with Crippen LogP contribution >= 0.6 is 0 Å². The summed E-state index contributed by atoms with van der Waals surface area (Å²) >= 11 is 0. The second-order valence-electron chi connectivity index (χ2n) is 5.60. The normalized spacial score (nSPS) is 30.7. The van der Waals surface area contributed by atoms with E-state index in [2.05, 4.69) is 24.4 Å². The van der Waals surface area contributed by atoms with Crippen LogP contribution in [0.25, 0.3) is 0 Å². The van der Waals surface area contributed by atoms with E-state index in [9.17, 15) is 4.79 Å². The average Bonchev–Trinajstić information content (AvgIpc) is 2.97. The van der Waals surface area contributed by atoms with Gasteiger partial charge in [0.15, 0.2) is 0 Å². The van der Waals surface area contributed by atoms with Crippen LogP contribution in [-0.4, -0.2) is 25.2 Å². The number of allylic oxidation sites excluding steroid dienone is 2. The van der Waals surface area contributed by atoms with E-state index in [4.69, 9.17) is 4.74 Å². The summed E-state index contributed by atoms with van der Waals surface area (Å²) in [6, 6.07) is 0.562.